The first kappa shape index (κ1) is 20.4. The van der Waals surface area contributed by atoms with E-state index in [0.717, 1.165) is 0 Å². The summed E-state index contributed by atoms with van der Waals surface area (Å²) in [6, 6.07) is 0. The second-order valence-corrected chi connectivity index (χ2v) is 8.14. The van der Waals surface area contributed by atoms with Crippen molar-refractivity contribution in [2.75, 3.05) is 24.3 Å². The molecule has 3 heterocycles. The summed E-state index contributed by atoms with van der Waals surface area (Å²) in [6.07, 6.45) is 0.203. The lowest BCUT2D eigenvalue weighted by molar-refractivity contribution is -0.118. The number of aromatic nitrogens is 4. The van der Waals surface area contributed by atoms with E-state index in [4.69, 9.17) is 4.74 Å². The molecule has 1 saturated heterocycles. The van der Waals surface area contributed by atoms with Gasteiger partial charge in [0.2, 0.25) is 11.9 Å². The number of imidazole rings is 1. The zero-order valence-electron chi connectivity index (χ0n) is 17.5. The third kappa shape index (κ3) is 3.32. The van der Waals surface area contributed by atoms with Crippen molar-refractivity contribution in [2.45, 2.75) is 59.0 Å². The van der Waals surface area contributed by atoms with E-state index in [-0.39, 0.29) is 23.7 Å². The quantitative estimate of drug-likeness (QED) is 0.841. The van der Waals surface area contributed by atoms with Crippen LogP contribution in [0, 0.1) is 11.8 Å². The molecule has 0 unspecified atom stereocenters. The maximum absolute atomic E-state index is 15.1. The minimum atomic E-state index is -1.20. The van der Waals surface area contributed by atoms with Crippen molar-refractivity contribution in [3.63, 3.8) is 0 Å². The van der Waals surface area contributed by atoms with E-state index >= 15 is 4.39 Å². The van der Waals surface area contributed by atoms with Gasteiger partial charge < -0.3 is 9.64 Å². The van der Waals surface area contributed by atoms with Gasteiger partial charge in [0, 0.05) is 25.9 Å². The summed E-state index contributed by atoms with van der Waals surface area (Å²) in [4.78, 5) is 27.2. The largest absolute Gasteiger partial charge is 0.361 e. The lowest BCUT2D eigenvalue weighted by atomic mass is 9.87. The van der Waals surface area contributed by atoms with E-state index in [1.807, 2.05) is 34.9 Å². The van der Waals surface area contributed by atoms with Gasteiger partial charge >= 0.3 is 0 Å². The SMILES string of the molecule is CC[C@@]1(C)O[C@@H](n2cnc3c(N(C)C)nc(NC(=O)C(C)C)nc32)[C@H](F)[C@@H]1C. The highest BCUT2D eigenvalue weighted by atomic mass is 19.1. The zero-order valence-corrected chi connectivity index (χ0v) is 17.5. The van der Waals surface area contributed by atoms with Crippen LogP contribution >= 0.6 is 0 Å². The number of carbonyl (C=O) groups is 1. The van der Waals surface area contributed by atoms with Crippen LogP contribution in [0.15, 0.2) is 6.33 Å². The van der Waals surface area contributed by atoms with Gasteiger partial charge in [0.05, 0.1) is 11.9 Å². The number of alkyl halides is 1. The number of ether oxygens (including phenoxy) is 1. The minimum Gasteiger partial charge on any atom is -0.361 e. The molecule has 1 N–H and O–H groups in total. The van der Waals surface area contributed by atoms with Crippen LogP contribution in [0.2, 0.25) is 0 Å². The van der Waals surface area contributed by atoms with E-state index in [9.17, 15) is 4.79 Å². The van der Waals surface area contributed by atoms with E-state index in [0.29, 0.717) is 23.4 Å². The van der Waals surface area contributed by atoms with Gasteiger partial charge in [0.15, 0.2) is 29.4 Å². The first-order chi connectivity index (χ1) is 13.1. The number of fused-ring (bicyclic) bond motifs is 1. The van der Waals surface area contributed by atoms with Gasteiger partial charge in [-0.05, 0) is 13.3 Å². The smallest absolute Gasteiger partial charge is 0.233 e. The van der Waals surface area contributed by atoms with Gasteiger partial charge in [-0.25, -0.2) is 9.37 Å². The van der Waals surface area contributed by atoms with Crippen LogP contribution in [0.25, 0.3) is 11.2 Å². The van der Waals surface area contributed by atoms with Crippen molar-refractivity contribution in [3.05, 3.63) is 6.33 Å². The van der Waals surface area contributed by atoms with Gasteiger partial charge in [-0.1, -0.05) is 27.7 Å². The van der Waals surface area contributed by atoms with Crippen LogP contribution in [-0.2, 0) is 9.53 Å². The highest BCUT2D eigenvalue weighted by molar-refractivity contribution is 5.92. The van der Waals surface area contributed by atoms with E-state index in [1.54, 1.807) is 23.3 Å². The molecule has 1 aliphatic heterocycles. The molecule has 0 aliphatic carbocycles. The second-order valence-electron chi connectivity index (χ2n) is 8.14. The van der Waals surface area contributed by atoms with Crippen LogP contribution in [0.1, 0.15) is 47.3 Å². The van der Waals surface area contributed by atoms with Gasteiger partial charge in [0.25, 0.3) is 0 Å². The summed E-state index contributed by atoms with van der Waals surface area (Å²) in [7, 11) is 3.66. The highest BCUT2D eigenvalue weighted by Gasteiger charge is 2.50. The molecular weight excluding hydrogens is 363 g/mol. The number of hydrogen-bond donors (Lipinski definition) is 1. The lowest BCUT2D eigenvalue weighted by Crippen LogP contribution is -2.31. The molecule has 1 aliphatic rings. The van der Waals surface area contributed by atoms with Gasteiger partial charge in [-0.2, -0.15) is 9.97 Å². The maximum Gasteiger partial charge on any atom is 0.233 e. The molecular formula is C19H29FN6O2. The number of halogens is 1. The fraction of sp³-hybridized carbons (Fsp3) is 0.684. The Balaban J connectivity index is 2.10. The molecule has 0 saturated carbocycles. The van der Waals surface area contributed by atoms with Crippen molar-refractivity contribution in [2.24, 2.45) is 11.8 Å². The molecule has 1 amide bonds. The monoisotopic (exact) mass is 392 g/mol. The predicted molar refractivity (Wildman–Crippen MR) is 106 cm³/mol. The molecule has 0 aromatic carbocycles. The molecule has 3 rings (SSSR count). The number of nitrogens with zero attached hydrogens (tertiary/aromatic N) is 5. The molecule has 8 nitrogen and oxygen atoms in total. The molecule has 4 atom stereocenters. The molecule has 0 radical (unpaired) electrons. The Morgan fingerprint density at radius 1 is 1.43 bits per heavy atom. The zero-order chi connectivity index (χ0) is 20.8. The number of carbonyl (C=O) groups excluding carboxylic acids is 1. The van der Waals surface area contributed by atoms with Crippen LogP contribution in [-0.4, -0.2) is 51.3 Å². The molecule has 154 valence electrons. The Bertz CT molecular complexity index is 883. The fourth-order valence-electron chi connectivity index (χ4n) is 3.36. The van der Waals surface area contributed by atoms with Crippen molar-refractivity contribution in [1.29, 1.82) is 0 Å². The lowest BCUT2D eigenvalue weighted by Gasteiger charge is -2.26. The first-order valence-electron chi connectivity index (χ1n) is 9.63. The Hall–Kier alpha value is -2.29. The third-order valence-electron chi connectivity index (χ3n) is 5.67. The average Bonchev–Trinajstić information content (AvgIpc) is 3.15. The van der Waals surface area contributed by atoms with Gasteiger partial charge in [0.1, 0.15) is 0 Å². The number of anilines is 2. The first-order valence-corrected chi connectivity index (χ1v) is 9.63. The molecule has 0 bridgehead atoms. The van der Waals surface area contributed by atoms with Crippen molar-refractivity contribution in [1.82, 2.24) is 19.5 Å². The summed E-state index contributed by atoms with van der Waals surface area (Å²) < 4.78 is 22.9. The fourth-order valence-corrected chi connectivity index (χ4v) is 3.36. The summed E-state index contributed by atoms with van der Waals surface area (Å²) in [5.41, 5.74) is 0.395. The second kappa shape index (κ2) is 7.27. The van der Waals surface area contributed by atoms with Crippen LogP contribution in [0.4, 0.5) is 16.2 Å². The Morgan fingerprint density at radius 2 is 2.11 bits per heavy atom. The van der Waals surface area contributed by atoms with E-state index in [2.05, 4.69) is 20.3 Å². The topological polar surface area (TPSA) is 85.2 Å². The molecule has 2 aromatic heterocycles. The standard InChI is InChI=1S/C19H29FN6O2/c1-8-19(5)11(4)12(20)17(28-19)26-9-21-13-14(25(6)7)22-18(23-15(13)26)24-16(27)10(2)3/h9-12,17H,8H2,1-7H3,(H,22,23,24,27)/t11-,12+,17+,19+/m0/s1. The highest BCUT2D eigenvalue weighted by Crippen LogP contribution is 2.45. The van der Waals surface area contributed by atoms with Gasteiger partial charge in [-0.15, -0.1) is 0 Å². The number of amides is 1. The van der Waals surface area contributed by atoms with Gasteiger partial charge in [-0.3, -0.25) is 14.7 Å². The Morgan fingerprint density at radius 3 is 2.64 bits per heavy atom. The Kier molecular flexibility index (Phi) is 5.31. The average molecular weight is 392 g/mol. The predicted octanol–water partition coefficient (Wildman–Crippen LogP) is 3.16. The van der Waals surface area contributed by atoms with Crippen molar-refractivity contribution < 1.29 is 13.9 Å². The van der Waals surface area contributed by atoms with E-state index < -0.39 is 18.0 Å². The summed E-state index contributed by atoms with van der Waals surface area (Å²) >= 11 is 0. The summed E-state index contributed by atoms with van der Waals surface area (Å²) in [6.45, 7) is 9.36. The summed E-state index contributed by atoms with van der Waals surface area (Å²) in [5, 5.41) is 2.72. The van der Waals surface area contributed by atoms with Crippen LogP contribution in [0.5, 0.6) is 0 Å². The third-order valence-corrected chi connectivity index (χ3v) is 5.67. The molecule has 0 spiro atoms. The summed E-state index contributed by atoms with van der Waals surface area (Å²) in [5.74, 6) is 0.0309. The van der Waals surface area contributed by atoms with Crippen molar-refractivity contribution in [3.8, 4) is 0 Å². The number of nitrogens with one attached hydrogen (secondary N) is 1. The molecule has 28 heavy (non-hydrogen) atoms. The number of rotatable bonds is 5. The molecule has 2 aromatic rings. The minimum absolute atomic E-state index is 0.163. The molecule has 1 fully saturated rings. The maximum atomic E-state index is 15.1. The molecule has 9 heteroatoms. The van der Waals surface area contributed by atoms with Crippen LogP contribution < -0.4 is 10.2 Å². The normalized spacial score (nSPS) is 27.5. The van der Waals surface area contributed by atoms with E-state index in [1.165, 1.54) is 6.33 Å². The Labute approximate surface area is 164 Å². The van der Waals surface area contributed by atoms with Crippen molar-refractivity contribution >= 4 is 28.8 Å². The number of hydrogen-bond acceptors (Lipinski definition) is 6. The van der Waals surface area contributed by atoms with Crippen LogP contribution in [0.3, 0.4) is 0 Å².